The molecule has 0 aliphatic heterocycles. The normalized spacial score (nSPS) is 12.4. The average molecular weight is 562 g/mol. The molecule has 0 aromatic heterocycles. The van der Waals surface area contributed by atoms with E-state index in [0.717, 1.165) is 30.2 Å². The molecule has 0 heterocycles. The molecule has 0 bridgehead atoms. The summed E-state index contributed by atoms with van der Waals surface area (Å²) in [6.45, 7) is 3.72. The van der Waals surface area contributed by atoms with Gasteiger partial charge in [0.25, 0.3) is 0 Å². The van der Waals surface area contributed by atoms with E-state index in [1.54, 1.807) is 14.2 Å². The van der Waals surface area contributed by atoms with Crippen molar-refractivity contribution in [1.29, 1.82) is 0 Å². The van der Waals surface area contributed by atoms with Crippen molar-refractivity contribution in [2.75, 3.05) is 27.4 Å². The van der Waals surface area contributed by atoms with Gasteiger partial charge in [0.15, 0.2) is 0 Å². The number of aliphatic hydroxyl groups is 1. The van der Waals surface area contributed by atoms with E-state index >= 15 is 0 Å². The van der Waals surface area contributed by atoms with E-state index in [1.165, 1.54) is 16.7 Å². The number of halogens is 1. The lowest BCUT2D eigenvalue weighted by Gasteiger charge is -2.34. The van der Waals surface area contributed by atoms with Gasteiger partial charge in [-0.2, -0.15) is 0 Å². The molecule has 5 nitrogen and oxygen atoms in total. The van der Waals surface area contributed by atoms with Crippen LogP contribution in [0.5, 0.6) is 17.2 Å². The highest BCUT2D eigenvalue weighted by molar-refractivity contribution is 5.85. The van der Waals surface area contributed by atoms with Gasteiger partial charge in [-0.3, -0.25) is 4.90 Å². The van der Waals surface area contributed by atoms with Crippen LogP contribution in [-0.4, -0.2) is 49.5 Å². The van der Waals surface area contributed by atoms with Gasteiger partial charge >= 0.3 is 0 Å². The second-order valence-electron chi connectivity index (χ2n) is 9.88. The zero-order valence-corrected chi connectivity index (χ0v) is 24.3. The zero-order chi connectivity index (χ0) is 27.5. The fraction of sp³-hybridized carbons (Fsp3) is 0.294. The zero-order valence-electron chi connectivity index (χ0n) is 23.5. The quantitative estimate of drug-likeness (QED) is 0.180. The molecular weight excluding hydrogens is 522 g/mol. The standard InChI is InChI=1S/C34H39NO4.ClH/c1-26(22-34(28-14-18-31(37-2)19-15-28)29-16-20-32(38-3)21-17-29)35(23-27-10-6-4-7-11-27)24-30(36)25-39-33-12-8-5-9-13-33;/h4-21,26,30,34,36H,22-25H2,1-3H3;1H/t26-,30-;/m0./s1. The molecular formula is C34H40ClNO4. The first-order chi connectivity index (χ1) is 19.1. The number of benzene rings is 4. The number of aliphatic hydroxyl groups excluding tert-OH is 1. The highest BCUT2D eigenvalue weighted by Gasteiger charge is 2.24. The van der Waals surface area contributed by atoms with Crippen LogP contribution in [-0.2, 0) is 6.54 Å². The predicted molar refractivity (Wildman–Crippen MR) is 164 cm³/mol. The van der Waals surface area contributed by atoms with E-state index in [-0.39, 0.29) is 31.0 Å². The first-order valence-electron chi connectivity index (χ1n) is 13.5. The van der Waals surface area contributed by atoms with Gasteiger partial charge in [0.1, 0.15) is 30.0 Å². The summed E-state index contributed by atoms with van der Waals surface area (Å²) in [5.41, 5.74) is 3.66. The second-order valence-corrected chi connectivity index (χ2v) is 9.88. The van der Waals surface area contributed by atoms with Gasteiger partial charge in [-0.05, 0) is 66.4 Å². The highest BCUT2D eigenvalue weighted by atomic mass is 35.5. The number of hydrogen-bond donors (Lipinski definition) is 1. The molecule has 0 saturated carbocycles. The van der Waals surface area contributed by atoms with Crippen molar-refractivity contribution in [1.82, 2.24) is 4.90 Å². The van der Waals surface area contributed by atoms with Gasteiger partial charge in [-0.15, -0.1) is 12.4 Å². The summed E-state index contributed by atoms with van der Waals surface area (Å²) in [6, 6.07) is 36.9. The summed E-state index contributed by atoms with van der Waals surface area (Å²) >= 11 is 0. The summed E-state index contributed by atoms with van der Waals surface area (Å²) < 4.78 is 16.7. The average Bonchev–Trinajstić information content (AvgIpc) is 2.99. The minimum absolute atomic E-state index is 0. The summed E-state index contributed by atoms with van der Waals surface area (Å²) in [4.78, 5) is 2.36. The third kappa shape index (κ3) is 9.02. The van der Waals surface area contributed by atoms with Gasteiger partial charge < -0.3 is 19.3 Å². The molecule has 6 heteroatoms. The van der Waals surface area contributed by atoms with Crippen LogP contribution in [0.3, 0.4) is 0 Å². The summed E-state index contributed by atoms with van der Waals surface area (Å²) in [5.74, 6) is 2.60. The minimum Gasteiger partial charge on any atom is -0.497 e. The molecule has 2 atom stereocenters. The first-order valence-corrected chi connectivity index (χ1v) is 13.5. The molecule has 0 radical (unpaired) electrons. The van der Waals surface area contributed by atoms with Crippen molar-refractivity contribution in [3.63, 3.8) is 0 Å². The molecule has 4 aromatic carbocycles. The van der Waals surface area contributed by atoms with Crippen molar-refractivity contribution in [3.8, 4) is 17.2 Å². The molecule has 40 heavy (non-hydrogen) atoms. The summed E-state index contributed by atoms with van der Waals surface area (Å²) in [6.07, 6.45) is 0.245. The third-order valence-electron chi connectivity index (χ3n) is 7.10. The minimum atomic E-state index is -0.628. The lowest BCUT2D eigenvalue weighted by atomic mass is 9.85. The Morgan fingerprint density at radius 3 is 1.68 bits per heavy atom. The summed E-state index contributed by atoms with van der Waals surface area (Å²) in [5, 5.41) is 11.0. The Morgan fingerprint density at radius 1 is 0.675 bits per heavy atom. The maximum Gasteiger partial charge on any atom is 0.119 e. The lowest BCUT2D eigenvalue weighted by Crippen LogP contribution is -2.41. The Morgan fingerprint density at radius 2 is 1.18 bits per heavy atom. The maximum atomic E-state index is 11.0. The van der Waals surface area contributed by atoms with E-state index in [2.05, 4.69) is 60.4 Å². The maximum absolute atomic E-state index is 11.0. The number of hydrogen-bond acceptors (Lipinski definition) is 5. The molecule has 0 saturated heterocycles. The van der Waals surface area contributed by atoms with Crippen LogP contribution in [0.4, 0.5) is 0 Å². The topological polar surface area (TPSA) is 51.2 Å². The van der Waals surface area contributed by atoms with Gasteiger partial charge in [0.2, 0.25) is 0 Å². The van der Waals surface area contributed by atoms with Crippen molar-refractivity contribution in [2.45, 2.75) is 38.0 Å². The van der Waals surface area contributed by atoms with Crippen molar-refractivity contribution >= 4 is 12.4 Å². The van der Waals surface area contributed by atoms with E-state index in [0.29, 0.717) is 6.54 Å². The predicted octanol–water partition coefficient (Wildman–Crippen LogP) is 6.98. The number of nitrogens with zero attached hydrogens (tertiary/aromatic N) is 1. The molecule has 0 aliphatic carbocycles. The molecule has 1 N–H and O–H groups in total. The number of ether oxygens (including phenoxy) is 3. The van der Waals surface area contributed by atoms with Crippen LogP contribution in [0.2, 0.25) is 0 Å². The Kier molecular flexibility index (Phi) is 12.4. The van der Waals surface area contributed by atoms with Crippen LogP contribution in [0.25, 0.3) is 0 Å². The van der Waals surface area contributed by atoms with Crippen LogP contribution in [0.1, 0.15) is 36.0 Å². The van der Waals surface area contributed by atoms with E-state index in [1.807, 2.05) is 60.7 Å². The SMILES string of the molecule is COc1ccc(C(C[C@H](C)N(Cc2ccccc2)C[C@H](O)COc2ccccc2)c2ccc(OC)cc2)cc1.Cl. The van der Waals surface area contributed by atoms with Gasteiger partial charge in [-0.1, -0.05) is 72.8 Å². The van der Waals surface area contributed by atoms with Crippen molar-refractivity contribution in [3.05, 3.63) is 126 Å². The summed E-state index contributed by atoms with van der Waals surface area (Å²) in [7, 11) is 3.37. The van der Waals surface area contributed by atoms with Gasteiger partial charge in [0, 0.05) is 25.0 Å². The Hall–Kier alpha value is -3.51. The molecule has 0 amide bonds. The van der Waals surface area contributed by atoms with Gasteiger partial charge in [-0.25, -0.2) is 0 Å². The first kappa shape index (κ1) is 31.0. The fourth-order valence-electron chi connectivity index (χ4n) is 4.88. The van der Waals surface area contributed by atoms with Crippen LogP contribution in [0, 0.1) is 0 Å². The lowest BCUT2D eigenvalue weighted by molar-refractivity contribution is 0.0490. The molecule has 4 aromatic rings. The smallest absolute Gasteiger partial charge is 0.119 e. The van der Waals surface area contributed by atoms with Crippen LogP contribution in [0.15, 0.2) is 109 Å². The second kappa shape index (κ2) is 15.9. The van der Waals surface area contributed by atoms with E-state index in [9.17, 15) is 5.11 Å². The Labute approximate surface area is 244 Å². The molecule has 0 unspecified atom stereocenters. The third-order valence-corrected chi connectivity index (χ3v) is 7.10. The molecule has 0 aliphatic rings. The van der Waals surface area contributed by atoms with Crippen LogP contribution >= 0.6 is 12.4 Å². The van der Waals surface area contributed by atoms with E-state index in [4.69, 9.17) is 14.2 Å². The number of para-hydroxylation sites is 1. The number of methoxy groups -OCH3 is 2. The highest BCUT2D eigenvalue weighted by Crippen LogP contribution is 2.33. The van der Waals surface area contributed by atoms with Crippen molar-refractivity contribution < 1.29 is 19.3 Å². The van der Waals surface area contributed by atoms with Crippen molar-refractivity contribution in [2.24, 2.45) is 0 Å². The Balaban J connectivity index is 0.00000441. The number of rotatable bonds is 14. The van der Waals surface area contributed by atoms with Gasteiger partial charge in [0.05, 0.1) is 14.2 Å². The molecule has 0 fully saturated rings. The molecule has 212 valence electrons. The van der Waals surface area contributed by atoms with E-state index < -0.39 is 6.10 Å². The monoisotopic (exact) mass is 561 g/mol. The fourth-order valence-corrected chi connectivity index (χ4v) is 4.88. The molecule has 4 rings (SSSR count). The largest absolute Gasteiger partial charge is 0.497 e. The Bertz CT molecular complexity index is 1190. The molecule has 0 spiro atoms. The van der Waals surface area contributed by atoms with Crippen LogP contribution < -0.4 is 14.2 Å².